The van der Waals surface area contributed by atoms with Gasteiger partial charge in [0, 0.05) is 11.5 Å². The van der Waals surface area contributed by atoms with Gasteiger partial charge in [0.1, 0.15) is 5.60 Å². The molecule has 0 spiro atoms. The molecule has 0 bridgehead atoms. The fourth-order valence-electron chi connectivity index (χ4n) is 5.65. The van der Waals surface area contributed by atoms with Crippen LogP contribution >= 0.6 is 0 Å². The first-order chi connectivity index (χ1) is 10.8. The van der Waals surface area contributed by atoms with Crippen molar-refractivity contribution >= 4 is 5.97 Å². The van der Waals surface area contributed by atoms with E-state index >= 15 is 0 Å². The van der Waals surface area contributed by atoms with Crippen LogP contribution in [0.2, 0.25) is 0 Å². The predicted octanol–water partition coefficient (Wildman–Crippen LogP) is 4.16. The summed E-state index contributed by atoms with van der Waals surface area (Å²) in [5, 5.41) is 11.6. The average Bonchev–Trinajstić information content (AvgIpc) is 2.51. The largest absolute Gasteiger partial charge is 0.456 e. The molecule has 0 amide bonds. The third-order valence-electron chi connectivity index (χ3n) is 6.89. The van der Waals surface area contributed by atoms with Crippen molar-refractivity contribution in [3.8, 4) is 0 Å². The Bertz CT molecular complexity index is 521. The third kappa shape index (κ3) is 2.57. The van der Waals surface area contributed by atoms with Crippen molar-refractivity contribution in [3.63, 3.8) is 0 Å². The van der Waals surface area contributed by atoms with Crippen LogP contribution < -0.4 is 0 Å². The van der Waals surface area contributed by atoms with Crippen molar-refractivity contribution < 1.29 is 14.6 Å². The molecule has 0 aliphatic heterocycles. The standard InChI is InChI=1S/C20H30O3/c1-4-17(21)23-18(2,3)19-11-7-8-12-20(19,22)14-16-10-6-5-9-15(16)13-19/h4,8,12,15-16,22H,1,5-7,9-11,13-14H2,2-3H3/t15-,16+,19+,20-/m1/s1. The van der Waals surface area contributed by atoms with E-state index in [2.05, 4.69) is 12.7 Å². The molecule has 1 N–H and O–H groups in total. The van der Waals surface area contributed by atoms with Gasteiger partial charge >= 0.3 is 5.97 Å². The van der Waals surface area contributed by atoms with E-state index in [4.69, 9.17) is 4.74 Å². The summed E-state index contributed by atoms with van der Waals surface area (Å²) >= 11 is 0. The van der Waals surface area contributed by atoms with Crippen LogP contribution in [0.25, 0.3) is 0 Å². The quantitative estimate of drug-likeness (QED) is 0.483. The Labute approximate surface area is 139 Å². The summed E-state index contributed by atoms with van der Waals surface area (Å²) in [4.78, 5) is 11.9. The summed E-state index contributed by atoms with van der Waals surface area (Å²) in [5.41, 5.74) is -1.97. The molecule has 0 radical (unpaired) electrons. The van der Waals surface area contributed by atoms with Gasteiger partial charge in [-0.05, 0) is 51.4 Å². The minimum atomic E-state index is -0.866. The smallest absolute Gasteiger partial charge is 0.330 e. The first-order valence-electron chi connectivity index (χ1n) is 9.09. The molecule has 3 rings (SSSR count). The second-order valence-electron chi connectivity index (χ2n) is 8.30. The minimum Gasteiger partial charge on any atom is -0.456 e. The fourth-order valence-corrected chi connectivity index (χ4v) is 5.65. The number of hydrogen-bond acceptors (Lipinski definition) is 3. The van der Waals surface area contributed by atoms with Gasteiger partial charge in [0.2, 0.25) is 0 Å². The predicted molar refractivity (Wildman–Crippen MR) is 90.8 cm³/mol. The van der Waals surface area contributed by atoms with E-state index < -0.39 is 22.6 Å². The first-order valence-corrected chi connectivity index (χ1v) is 9.09. The van der Waals surface area contributed by atoms with E-state index in [1.54, 1.807) is 0 Å². The van der Waals surface area contributed by atoms with Gasteiger partial charge in [-0.2, -0.15) is 0 Å². The number of carbonyl (C=O) groups excluding carboxylic acids is 1. The molecule has 23 heavy (non-hydrogen) atoms. The molecule has 3 heteroatoms. The summed E-state index contributed by atoms with van der Waals surface area (Å²) in [6, 6.07) is 0. The van der Waals surface area contributed by atoms with Gasteiger partial charge in [-0.15, -0.1) is 0 Å². The van der Waals surface area contributed by atoms with Crippen LogP contribution in [0.3, 0.4) is 0 Å². The van der Waals surface area contributed by atoms with Gasteiger partial charge in [0.25, 0.3) is 0 Å². The molecule has 128 valence electrons. The molecule has 0 aromatic heterocycles. The average molecular weight is 318 g/mol. The van der Waals surface area contributed by atoms with Crippen LogP contribution in [-0.2, 0) is 9.53 Å². The highest BCUT2D eigenvalue weighted by molar-refractivity contribution is 5.81. The summed E-state index contributed by atoms with van der Waals surface area (Å²) in [6.07, 6.45) is 14.0. The van der Waals surface area contributed by atoms with E-state index in [0.29, 0.717) is 11.8 Å². The van der Waals surface area contributed by atoms with E-state index in [-0.39, 0.29) is 0 Å². The highest BCUT2D eigenvalue weighted by atomic mass is 16.6. The van der Waals surface area contributed by atoms with Crippen LogP contribution in [-0.4, -0.2) is 22.3 Å². The molecule has 3 aliphatic carbocycles. The van der Waals surface area contributed by atoms with Crippen LogP contribution in [0.5, 0.6) is 0 Å². The number of esters is 1. The molecule has 0 aromatic rings. The van der Waals surface area contributed by atoms with Gasteiger partial charge in [-0.1, -0.05) is 44.4 Å². The van der Waals surface area contributed by atoms with Gasteiger partial charge in [0.05, 0.1) is 5.60 Å². The molecule has 2 fully saturated rings. The topological polar surface area (TPSA) is 46.5 Å². The summed E-state index contributed by atoms with van der Waals surface area (Å²) in [7, 11) is 0. The SMILES string of the molecule is C=CC(=O)OC(C)(C)[C@@]12CCC=C[C@@]1(O)C[C@@H]1CCCC[C@@H]1C2. The molecule has 0 heterocycles. The minimum absolute atomic E-state index is 0.396. The maximum absolute atomic E-state index is 11.9. The molecule has 3 aliphatic rings. The Balaban J connectivity index is 1.99. The van der Waals surface area contributed by atoms with Crippen LogP contribution in [0.4, 0.5) is 0 Å². The van der Waals surface area contributed by atoms with Gasteiger partial charge in [0.15, 0.2) is 0 Å². The Morgan fingerprint density at radius 2 is 1.96 bits per heavy atom. The lowest BCUT2D eigenvalue weighted by Gasteiger charge is -2.62. The van der Waals surface area contributed by atoms with E-state index in [9.17, 15) is 9.90 Å². The maximum atomic E-state index is 11.9. The maximum Gasteiger partial charge on any atom is 0.330 e. The van der Waals surface area contributed by atoms with Crippen molar-refractivity contribution in [1.82, 2.24) is 0 Å². The zero-order chi connectivity index (χ0) is 16.7. The van der Waals surface area contributed by atoms with E-state index in [0.717, 1.165) is 25.7 Å². The molecule has 2 saturated carbocycles. The highest BCUT2D eigenvalue weighted by Gasteiger charge is 2.64. The number of rotatable bonds is 3. The zero-order valence-corrected chi connectivity index (χ0v) is 14.5. The first kappa shape index (κ1) is 16.8. The van der Waals surface area contributed by atoms with Crippen LogP contribution in [0, 0.1) is 17.3 Å². The second kappa shape index (κ2) is 5.77. The van der Waals surface area contributed by atoms with Gasteiger partial charge in [-0.25, -0.2) is 4.79 Å². The molecule has 3 nitrogen and oxygen atoms in total. The van der Waals surface area contributed by atoms with Gasteiger partial charge in [-0.3, -0.25) is 0 Å². The Morgan fingerprint density at radius 3 is 2.61 bits per heavy atom. The monoisotopic (exact) mass is 318 g/mol. The van der Waals surface area contributed by atoms with Crippen LogP contribution in [0.15, 0.2) is 24.8 Å². The van der Waals surface area contributed by atoms with Crippen molar-refractivity contribution in [1.29, 1.82) is 0 Å². The Kier molecular flexibility index (Phi) is 4.20. The van der Waals surface area contributed by atoms with E-state index in [1.807, 2.05) is 19.9 Å². The molecular weight excluding hydrogens is 288 g/mol. The summed E-state index contributed by atoms with van der Waals surface area (Å²) in [6.45, 7) is 7.47. The summed E-state index contributed by atoms with van der Waals surface area (Å²) in [5.74, 6) is 0.861. The number of allylic oxidation sites excluding steroid dienone is 1. The Morgan fingerprint density at radius 1 is 1.30 bits per heavy atom. The summed E-state index contributed by atoms with van der Waals surface area (Å²) < 4.78 is 5.78. The van der Waals surface area contributed by atoms with Crippen molar-refractivity contribution in [3.05, 3.63) is 24.8 Å². The van der Waals surface area contributed by atoms with Crippen molar-refractivity contribution in [2.75, 3.05) is 0 Å². The normalized spacial score (nSPS) is 40.0. The lowest BCUT2D eigenvalue weighted by molar-refractivity contribution is -0.225. The lowest BCUT2D eigenvalue weighted by atomic mass is 9.47. The number of fused-ring (bicyclic) bond motifs is 2. The molecular formula is C20H30O3. The van der Waals surface area contributed by atoms with Crippen LogP contribution in [0.1, 0.15) is 65.2 Å². The lowest BCUT2D eigenvalue weighted by Crippen LogP contribution is -2.65. The van der Waals surface area contributed by atoms with E-state index in [1.165, 1.54) is 31.8 Å². The number of ether oxygens (including phenoxy) is 1. The van der Waals surface area contributed by atoms with Crippen molar-refractivity contribution in [2.24, 2.45) is 17.3 Å². The Hall–Kier alpha value is -1.09. The highest BCUT2D eigenvalue weighted by Crippen LogP contribution is 2.62. The number of aliphatic hydroxyl groups is 1. The van der Waals surface area contributed by atoms with Crippen molar-refractivity contribution in [2.45, 2.75) is 76.4 Å². The second-order valence-corrected chi connectivity index (χ2v) is 8.30. The third-order valence-corrected chi connectivity index (χ3v) is 6.89. The van der Waals surface area contributed by atoms with Gasteiger partial charge < -0.3 is 9.84 Å². The number of hydrogen-bond donors (Lipinski definition) is 1. The molecule has 0 aromatic carbocycles. The molecule has 0 saturated heterocycles. The molecule has 0 unspecified atom stereocenters. The fraction of sp³-hybridized carbons (Fsp3) is 0.750. The number of carbonyl (C=O) groups is 1. The zero-order valence-electron chi connectivity index (χ0n) is 14.5. The molecule has 4 atom stereocenters.